The summed E-state index contributed by atoms with van der Waals surface area (Å²) in [6.45, 7) is 0.603. The number of benzene rings is 1. The van der Waals surface area contributed by atoms with Gasteiger partial charge in [0, 0.05) is 16.1 Å². The third-order valence-electron chi connectivity index (χ3n) is 5.68. The van der Waals surface area contributed by atoms with Crippen molar-refractivity contribution in [1.29, 1.82) is 0 Å². The van der Waals surface area contributed by atoms with Crippen LogP contribution in [0.2, 0.25) is 0 Å². The summed E-state index contributed by atoms with van der Waals surface area (Å²) in [7, 11) is 0. The van der Waals surface area contributed by atoms with Crippen LogP contribution in [0.25, 0.3) is 0 Å². The number of anilines is 1. The number of nitrogens with one attached hydrogen (secondary N) is 1. The molecule has 0 unspecified atom stereocenters. The van der Waals surface area contributed by atoms with Gasteiger partial charge in [0.25, 0.3) is 0 Å². The average molecular weight is 347 g/mol. The molecule has 0 aliphatic heterocycles. The number of rotatable bonds is 3. The highest BCUT2D eigenvalue weighted by Crippen LogP contribution is 2.71. The van der Waals surface area contributed by atoms with Gasteiger partial charge in [0.2, 0.25) is 5.91 Å². The molecule has 1 aromatic carbocycles. The Kier molecular flexibility index (Phi) is 3.02. The number of hydrogen-bond donors (Lipinski definition) is 2. The summed E-state index contributed by atoms with van der Waals surface area (Å²) in [6.07, 6.45) is 7.11. The summed E-state index contributed by atoms with van der Waals surface area (Å²) in [5, 5.41) is 3.08. The third-order valence-corrected chi connectivity index (χ3v) is 6.21. The summed E-state index contributed by atoms with van der Waals surface area (Å²) >= 11 is 3.41. The summed E-state index contributed by atoms with van der Waals surface area (Å²) in [5.41, 5.74) is 7.23. The zero-order valence-corrected chi connectivity index (χ0v) is 13.3. The minimum Gasteiger partial charge on any atom is -0.330 e. The normalized spacial score (nSPS) is 34.4. The summed E-state index contributed by atoms with van der Waals surface area (Å²) < 4.78 is 1.01. The van der Waals surface area contributed by atoms with Crippen LogP contribution < -0.4 is 11.1 Å². The van der Waals surface area contributed by atoms with Crippen LogP contribution in [-0.2, 0) is 4.79 Å². The van der Waals surface area contributed by atoms with Crippen LogP contribution >= 0.6 is 15.9 Å². The average Bonchev–Trinajstić information content (AvgIpc) is 3.15. The predicted octanol–water partition coefficient (Wildman–Crippen LogP) is 3.17. The van der Waals surface area contributed by atoms with E-state index < -0.39 is 0 Å². The first-order chi connectivity index (χ1) is 10.2. The van der Waals surface area contributed by atoms with Gasteiger partial charge in [0.05, 0.1) is 0 Å². The molecule has 2 bridgehead atoms. The highest BCUT2D eigenvalue weighted by atomic mass is 79.9. The Morgan fingerprint density at radius 1 is 1.24 bits per heavy atom. The van der Waals surface area contributed by atoms with Gasteiger partial charge in [-0.2, -0.15) is 0 Å². The highest BCUT2D eigenvalue weighted by Gasteiger charge is 2.67. The van der Waals surface area contributed by atoms with Crippen molar-refractivity contribution in [3.63, 3.8) is 0 Å². The van der Waals surface area contributed by atoms with Crippen molar-refractivity contribution in [3.8, 4) is 0 Å². The Hall–Kier alpha value is -1.13. The van der Waals surface area contributed by atoms with Crippen LogP contribution in [0, 0.1) is 29.1 Å². The van der Waals surface area contributed by atoms with E-state index in [0.717, 1.165) is 10.2 Å². The van der Waals surface area contributed by atoms with E-state index in [1.807, 2.05) is 24.3 Å². The lowest BCUT2D eigenvalue weighted by Gasteiger charge is -2.25. The van der Waals surface area contributed by atoms with Gasteiger partial charge in [0.1, 0.15) is 0 Å². The zero-order valence-electron chi connectivity index (χ0n) is 11.8. The number of hydrogen-bond acceptors (Lipinski definition) is 2. The molecule has 2 saturated carbocycles. The number of amides is 1. The third kappa shape index (κ3) is 1.92. The quantitative estimate of drug-likeness (QED) is 0.826. The molecule has 0 saturated heterocycles. The SMILES string of the molecule is NC[C@H]1[C@H](C(=O)Nc2ccc(Br)cc2)[C@@H]2C=C[C@H]1C21CC1. The standard InChI is InChI=1S/C17H19BrN2O/c18-10-1-3-11(4-2-10)20-16(21)15-12(9-19)13-5-6-14(15)17(13)7-8-17/h1-6,12-15H,7-9,19H2,(H,20,21)/t12-,13-,14+,15+/m1/s1. The Morgan fingerprint density at radius 2 is 1.90 bits per heavy atom. The van der Waals surface area contributed by atoms with Gasteiger partial charge in [-0.1, -0.05) is 28.1 Å². The van der Waals surface area contributed by atoms with Crippen molar-refractivity contribution in [1.82, 2.24) is 0 Å². The van der Waals surface area contributed by atoms with Crippen molar-refractivity contribution in [2.45, 2.75) is 12.8 Å². The fraction of sp³-hybridized carbons (Fsp3) is 0.471. The number of allylic oxidation sites excluding steroid dienone is 2. The Balaban J connectivity index is 1.56. The Morgan fingerprint density at radius 3 is 2.52 bits per heavy atom. The molecule has 1 aromatic rings. The van der Waals surface area contributed by atoms with Crippen LogP contribution in [0.5, 0.6) is 0 Å². The van der Waals surface area contributed by atoms with E-state index in [4.69, 9.17) is 5.73 Å². The maximum Gasteiger partial charge on any atom is 0.228 e. The number of nitrogens with two attached hydrogens (primary N) is 1. The first-order valence-corrected chi connectivity index (χ1v) is 8.40. The summed E-state index contributed by atoms with van der Waals surface area (Å²) in [5.74, 6) is 1.39. The molecule has 4 rings (SSSR count). The van der Waals surface area contributed by atoms with Crippen molar-refractivity contribution in [2.24, 2.45) is 34.8 Å². The van der Waals surface area contributed by atoms with Gasteiger partial charge in [-0.3, -0.25) is 4.79 Å². The van der Waals surface area contributed by atoms with E-state index in [0.29, 0.717) is 29.7 Å². The van der Waals surface area contributed by atoms with Gasteiger partial charge < -0.3 is 11.1 Å². The first-order valence-electron chi connectivity index (χ1n) is 7.60. The van der Waals surface area contributed by atoms with Crippen molar-refractivity contribution < 1.29 is 4.79 Å². The summed E-state index contributed by atoms with van der Waals surface area (Å²) in [6, 6.07) is 7.74. The molecule has 110 valence electrons. The van der Waals surface area contributed by atoms with Crippen molar-refractivity contribution >= 4 is 27.5 Å². The fourth-order valence-corrected chi connectivity index (χ4v) is 4.87. The second-order valence-electron chi connectivity index (χ2n) is 6.59. The number of halogens is 1. The molecule has 3 aliphatic rings. The van der Waals surface area contributed by atoms with E-state index in [2.05, 4.69) is 33.4 Å². The second kappa shape index (κ2) is 4.68. The van der Waals surface area contributed by atoms with Gasteiger partial charge in [-0.05, 0) is 66.8 Å². The van der Waals surface area contributed by atoms with E-state index in [1.165, 1.54) is 12.8 Å². The van der Waals surface area contributed by atoms with Crippen molar-refractivity contribution in [2.75, 3.05) is 11.9 Å². The minimum absolute atomic E-state index is 0.0381. The van der Waals surface area contributed by atoms with Gasteiger partial charge in [0.15, 0.2) is 0 Å². The number of carbonyl (C=O) groups is 1. The maximum atomic E-state index is 12.8. The fourth-order valence-electron chi connectivity index (χ4n) is 4.60. The first kappa shape index (κ1) is 13.5. The molecular weight excluding hydrogens is 328 g/mol. The molecule has 0 radical (unpaired) electrons. The molecule has 3 aliphatic carbocycles. The minimum atomic E-state index is 0.0381. The molecule has 1 spiro atoms. The van der Waals surface area contributed by atoms with Crippen LogP contribution in [-0.4, -0.2) is 12.5 Å². The lowest BCUT2D eigenvalue weighted by atomic mass is 9.82. The molecule has 1 amide bonds. The van der Waals surface area contributed by atoms with Crippen LogP contribution in [0.1, 0.15) is 12.8 Å². The molecule has 3 nitrogen and oxygen atoms in total. The zero-order chi connectivity index (χ0) is 14.6. The maximum absolute atomic E-state index is 12.8. The Bertz CT molecular complexity index is 606. The molecule has 2 fully saturated rings. The van der Waals surface area contributed by atoms with Crippen LogP contribution in [0.4, 0.5) is 5.69 Å². The topological polar surface area (TPSA) is 55.1 Å². The molecule has 4 heteroatoms. The smallest absolute Gasteiger partial charge is 0.228 e. The van der Waals surface area contributed by atoms with E-state index in [-0.39, 0.29) is 11.8 Å². The Labute approximate surface area is 133 Å². The van der Waals surface area contributed by atoms with Crippen molar-refractivity contribution in [3.05, 3.63) is 40.9 Å². The largest absolute Gasteiger partial charge is 0.330 e. The predicted molar refractivity (Wildman–Crippen MR) is 86.6 cm³/mol. The van der Waals surface area contributed by atoms with Gasteiger partial charge >= 0.3 is 0 Å². The molecule has 21 heavy (non-hydrogen) atoms. The monoisotopic (exact) mass is 346 g/mol. The number of carbonyl (C=O) groups excluding carboxylic acids is 1. The molecular formula is C17H19BrN2O. The second-order valence-corrected chi connectivity index (χ2v) is 7.51. The molecule has 0 heterocycles. The van der Waals surface area contributed by atoms with E-state index >= 15 is 0 Å². The van der Waals surface area contributed by atoms with Gasteiger partial charge in [-0.25, -0.2) is 0 Å². The summed E-state index contributed by atoms with van der Waals surface area (Å²) in [4.78, 5) is 12.8. The molecule has 0 aromatic heterocycles. The lowest BCUT2D eigenvalue weighted by Crippen LogP contribution is -2.36. The van der Waals surface area contributed by atoms with Crippen LogP contribution in [0.15, 0.2) is 40.9 Å². The molecule has 3 N–H and O–H groups in total. The highest BCUT2D eigenvalue weighted by molar-refractivity contribution is 9.10. The van der Waals surface area contributed by atoms with E-state index in [9.17, 15) is 4.79 Å². The molecule has 4 atom stereocenters. The lowest BCUT2D eigenvalue weighted by molar-refractivity contribution is -0.122. The van der Waals surface area contributed by atoms with Crippen LogP contribution in [0.3, 0.4) is 0 Å². The van der Waals surface area contributed by atoms with Gasteiger partial charge in [-0.15, -0.1) is 0 Å². The van der Waals surface area contributed by atoms with E-state index in [1.54, 1.807) is 0 Å².